The zero-order valence-corrected chi connectivity index (χ0v) is 25.5. The Labute approximate surface area is 240 Å². The number of ether oxygens (including phenoxy) is 1. The number of benzene rings is 3. The van der Waals surface area contributed by atoms with Gasteiger partial charge in [-0.15, -0.1) is 0 Å². The summed E-state index contributed by atoms with van der Waals surface area (Å²) in [6, 6.07) is 31.0. The summed E-state index contributed by atoms with van der Waals surface area (Å²) in [6.45, 7) is 7.49. The predicted octanol–water partition coefficient (Wildman–Crippen LogP) is 3.22. The first-order valence-electron chi connectivity index (χ1n) is 13.3. The van der Waals surface area contributed by atoms with Gasteiger partial charge in [-0.1, -0.05) is 0 Å². The maximum atomic E-state index is 14.3. The zero-order chi connectivity index (χ0) is 28.3. The number of H-pyrrole nitrogens is 1. The quantitative estimate of drug-likeness (QED) is 0.306. The van der Waals surface area contributed by atoms with Gasteiger partial charge >= 0.3 is 241 Å². The summed E-state index contributed by atoms with van der Waals surface area (Å²) < 4.78 is 30.1. The first-order valence-corrected chi connectivity index (χ1v) is 17.1. The molecule has 0 radical (unpaired) electrons. The Kier molecular flexibility index (Phi) is 8.40. The molecule has 6 nitrogen and oxygen atoms in total. The molecule has 1 N–H and O–H groups in total. The van der Waals surface area contributed by atoms with Crippen LogP contribution in [0, 0.1) is 11.7 Å². The molecule has 9 heteroatoms. The van der Waals surface area contributed by atoms with E-state index in [0.717, 1.165) is 10.7 Å². The van der Waals surface area contributed by atoms with E-state index in [1.54, 1.807) is 0 Å². The molecule has 1 saturated heterocycles. The molecule has 4 aromatic rings. The average Bonchev–Trinajstić information content (AvgIpc) is 3.34. The standard InChI is InChI=1S/C31H33FN2O4SeSi/c1-31(2,3)40(24-15-9-5-10-16-24,25-17-11-6-12-18-25)38-21-22-20-37-29(27(22)39-23-13-7-4-8-14-23)34-19-26(32)28(35)33-30(34)36/h4-19,22,27,29H,20-21H2,1-3H3,(H,33,35,36)/t22-,27-,29?/m0/s1. The fourth-order valence-corrected chi connectivity index (χ4v) is 12.8. The van der Waals surface area contributed by atoms with Crippen LogP contribution in [0.15, 0.2) is 107 Å². The van der Waals surface area contributed by atoms with Gasteiger partial charge in [0.15, 0.2) is 0 Å². The average molecular weight is 624 g/mol. The van der Waals surface area contributed by atoms with E-state index < -0.39 is 31.6 Å². The molecule has 1 aromatic heterocycles. The van der Waals surface area contributed by atoms with Gasteiger partial charge in [-0.05, 0) is 0 Å². The molecule has 1 unspecified atom stereocenters. The number of hydrogen-bond acceptors (Lipinski definition) is 4. The number of halogens is 1. The van der Waals surface area contributed by atoms with Crippen LogP contribution >= 0.6 is 0 Å². The molecule has 1 aliphatic heterocycles. The van der Waals surface area contributed by atoms with E-state index in [9.17, 15) is 14.0 Å². The number of hydrogen-bond donors (Lipinski definition) is 1. The van der Waals surface area contributed by atoms with E-state index in [4.69, 9.17) is 9.16 Å². The van der Waals surface area contributed by atoms with E-state index in [0.29, 0.717) is 13.2 Å². The van der Waals surface area contributed by atoms with E-state index in [1.165, 1.54) is 14.9 Å². The van der Waals surface area contributed by atoms with E-state index in [1.807, 2.05) is 30.3 Å². The second kappa shape index (κ2) is 11.8. The molecular formula is C31H33FN2O4SeSi. The monoisotopic (exact) mass is 624 g/mol. The molecule has 5 rings (SSSR count). The third-order valence-corrected chi connectivity index (χ3v) is 15.4. The van der Waals surface area contributed by atoms with E-state index >= 15 is 0 Å². The summed E-state index contributed by atoms with van der Waals surface area (Å²) in [5.74, 6) is -1.06. The summed E-state index contributed by atoms with van der Waals surface area (Å²) in [5, 5.41) is 2.19. The van der Waals surface area contributed by atoms with Gasteiger partial charge in [0.1, 0.15) is 0 Å². The molecule has 0 aliphatic carbocycles. The molecule has 2 heterocycles. The van der Waals surface area contributed by atoms with Crippen molar-refractivity contribution in [2.75, 3.05) is 13.2 Å². The summed E-state index contributed by atoms with van der Waals surface area (Å²) in [7, 11) is -2.79. The van der Waals surface area contributed by atoms with Crippen molar-refractivity contribution in [1.29, 1.82) is 0 Å². The van der Waals surface area contributed by atoms with Crippen molar-refractivity contribution < 1.29 is 13.6 Å². The predicted molar refractivity (Wildman–Crippen MR) is 159 cm³/mol. The normalized spacial score (nSPS) is 19.6. The van der Waals surface area contributed by atoms with Gasteiger partial charge in [0.05, 0.1) is 0 Å². The van der Waals surface area contributed by atoms with Gasteiger partial charge in [0.2, 0.25) is 0 Å². The Morgan fingerprint density at radius 1 is 0.950 bits per heavy atom. The fraction of sp³-hybridized carbons (Fsp3) is 0.290. The first kappa shape index (κ1) is 28.5. The van der Waals surface area contributed by atoms with Crippen LogP contribution in [0.1, 0.15) is 27.0 Å². The van der Waals surface area contributed by atoms with Crippen molar-refractivity contribution in [1.82, 2.24) is 9.55 Å². The Bertz CT molecular complexity index is 1500. The van der Waals surface area contributed by atoms with Crippen molar-refractivity contribution in [2.24, 2.45) is 5.92 Å². The maximum absolute atomic E-state index is 14.3. The van der Waals surface area contributed by atoms with Gasteiger partial charge in [-0.2, -0.15) is 0 Å². The minimum absolute atomic E-state index is 0.0475. The number of aromatic amines is 1. The molecule has 3 atom stereocenters. The van der Waals surface area contributed by atoms with E-state index in [-0.39, 0.29) is 30.7 Å². The Hall–Kier alpha value is -3.07. The molecule has 208 valence electrons. The van der Waals surface area contributed by atoms with Crippen molar-refractivity contribution in [3.8, 4) is 0 Å². The molecular weight excluding hydrogens is 590 g/mol. The van der Waals surface area contributed by atoms with Crippen LogP contribution in [0.2, 0.25) is 9.85 Å². The van der Waals surface area contributed by atoms with Crippen molar-refractivity contribution in [3.05, 3.63) is 124 Å². The summed E-state index contributed by atoms with van der Waals surface area (Å²) in [6.07, 6.45) is 0.248. The molecule has 40 heavy (non-hydrogen) atoms. The van der Waals surface area contributed by atoms with Gasteiger partial charge in [0, 0.05) is 0 Å². The number of nitrogens with zero attached hydrogens (tertiary/aromatic N) is 1. The molecule has 3 aromatic carbocycles. The number of rotatable bonds is 8. The third-order valence-electron chi connectivity index (χ3n) is 7.37. The first-order chi connectivity index (χ1) is 19.2. The van der Waals surface area contributed by atoms with Crippen LogP contribution in [0.3, 0.4) is 0 Å². The topological polar surface area (TPSA) is 73.3 Å². The summed E-state index contributed by atoms with van der Waals surface area (Å²) >= 11 is -0.117. The van der Waals surface area contributed by atoms with Crippen LogP contribution in [-0.4, -0.2) is 46.0 Å². The van der Waals surface area contributed by atoms with Crippen LogP contribution < -0.4 is 26.1 Å². The Balaban J connectivity index is 1.54. The number of nitrogens with one attached hydrogen (secondary N) is 1. The van der Waals surface area contributed by atoms with Crippen LogP contribution in [0.25, 0.3) is 0 Å². The van der Waals surface area contributed by atoms with Crippen LogP contribution in [0.4, 0.5) is 4.39 Å². The second-order valence-electron chi connectivity index (χ2n) is 11.0. The second-order valence-corrected chi connectivity index (χ2v) is 17.9. The van der Waals surface area contributed by atoms with Crippen LogP contribution in [-0.2, 0) is 9.16 Å². The van der Waals surface area contributed by atoms with Crippen molar-refractivity contribution >= 4 is 38.1 Å². The van der Waals surface area contributed by atoms with Crippen molar-refractivity contribution in [2.45, 2.75) is 36.9 Å². The SMILES string of the molecule is CC(C)(C)[Si](OC[C@@H]1COC(n2cc(F)c(=O)[nH]c2=O)[C@H]1[Se]c1ccccc1)(c1ccccc1)c1ccccc1. The molecule has 0 bridgehead atoms. The molecule has 1 aliphatic rings. The van der Waals surface area contributed by atoms with Gasteiger partial charge < -0.3 is 0 Å². The molecule has 1 fully saturated rings. The van der Waals surface area contributed by atoms with Crippen molar-refractivity contribution in [3.63, 3.8) is 0 Å². The zero-order valence-electron chi connectivity index (χ0n) is 22.8. The summed E-state index contributed by atoms with van der Waals surface area (Å²) in [4.78, 5) is 26.4. The molecule has 0 saturated carbocycles. The minimum atomic E-state index is -2.79. The number of aromatic nitrogens is 2. The third kappa shape index (κ3) is 5.57. The Morgan fingerprint density at radius 3 is 2.05 bits per heavy atom. The fourth-order valence-electron chi connectivity index (χ4n) is 5.48. The van der Waals surface area contributed by atoms with Gasteiger partial charge in [0.25, 0.3) is 0 Å². The van der Waals surface area contributed by atoms with Crippen LogP contribution in [0.5, 0.6) is 0 Å². The summed E-state index contributed by atoms with van der Waals surface area (Å²) in [5.41, 5.74) is -1.71. The van der Waals surface area contributed by atoms with Gasteiger partial charge in [-0.3, -0.25) is 0 Å². The Morgan fingerprint density at radius 2 is 1.50 bits per heavy atom. The molecule has 0 spiro atoms. The van der Waals surface area contributed by atoms with Gasteiger partial charge in [-0.25, -0.2) is 0 Å². The molecule has 0 amide bonds. The van der Waals surface area contributed by atoms with E-state index in [2.05, 4.69) is 86.4 Å².